The van der Waals surface area contributed by atoms with Crippen LogP contribution in [0.5, 0.6) is 0 Å². The van der Waals surface area contributed by atoms with Gasteiger partial charge in [0.2, 0.25) is 0 Å². The van der Waals surface area contributed by atoms with Gasteiger partial charge in [0.1, 0.15) is 0 Å². The zero-order valence-corrected chi connectivity index (χ0v) is 17.3. The molecule has 0 spiro atoms. The van der Waals surface area contributed by atoms with Gasteiger partial charge in [-0.3, -0.25) is 0 Å². The molecule has 0 saturated carbocycles. The zero-order chi connectivity index (χ0) is 19.4. The molecule has 0 atom stereocenters. The van der Waals surface area contributed by atoms with Gasteiger partial charge in [0, 0.05) is 22.3 Å². The number of fused-ring (bicyclic) bond motifs is 3. The van der Waals surface area contributed by atoms with Crippen molar-refractivity contribution >= 4 is 11.4 Å². The summed E-state index contributed by atoms with van der Waals surface area (Å²) in [5.74, 6) is 0. The predicted molar refractivity (Wildman–Crippen MR) is 117 cm³/mol. The molecule has 4 rings (SSSR count). The highest BCUT2D eigenvalue weighted by Crippen LogP contribution is 2.52. The van der Waals surface area contributed by atoms with Crippen molar-refractivity contribution < 1.29 is 0 Å². The third-order valence-electron chi connectivity index (χ3n) is 5.88. The lowest BCUT2D eigenvalue weighted by molar-refractivity contribution is 0.558. The van der Waals surface area contributed by atoms with Crippen LogP contribution >= 0.6 is 0 Å². The van der Waals surface area contributed by atoms with Crippen molar-refractivity contribution in [1.29, 1.82) is 0 Å². The SMILES string of the molecule is Cc1c(N(c2ccccc2)C(C)(C)C)ccc2c1C(C)(C)c1ccccc1-2. The van der Waals surface area contributed by atoms with Gasteiger partial charge in [0.15, 0.2) is 0 Å². The van der Waals surface area contributed by atoms with Crippen molar-refractivity contribution in [2.24, 2.45) is 0 Å². The third-order valence-corrected chi connectivity index (χ3v) is 5.88. The molecule has 3 aromatic rings. The van der Waals surface area contributed by atoms with Gasteiger partial charge in [0.25, 0.3) is 0 Å². The van der Waals surface area contributed by atoms with Gasteiger partial charge in [-0.1, -0.05) is 62.4 Å². The van der Waals surface area contributed by atoms with Crippen molar-refractivity contribution in [3.8, 4) is 11.1 Å². The van der Waals surface area contributed by atoms with Gasteiger partial charge in [-0.2, -0.15) is 0 Å². The Kier molecular flexibility index (Phi) is 3.96. The van der Waals surface area contributed by atoms with Gasteiger partial charge >= 0.3 is 0 Å². The van der Waals surface area contributed by atoms with Crippen LogP contribution in [-0.4, -0.2) is 5.54 Å². The predicted octanol–water partition coefficient (Wildman–Crippen LogP) is 7.24. The Hall–Kier alpha value is -2.54. The minimum atomic E-state index is -0.0179. The van der Waals surface area contributed by atoms with Crippen LogP contribution in [-0.2, 0) is 5.41 Å². The lowest BCUT2D eigenvalue weighted by Gasteiger charge is -2.40. The van der Waals surface area contributed by atoms with Crippen LogP contribution in [0.2, 0.25) is 0 Å². The van der Waals surface area contributed by atoms with E-state index in [1.54, 1.807) is 0 Å². The Labute approximate surface area is 163 Å². The molecule has 138 valence electrons. The van der Waals surface area contributed by atoms with Crippen molar-refractivity contribution in [3.05, 3.63) is 83.4 Å². The van der Waals surface area contributed by atoms with Crippen LogP contribution in [0.3, 0.4) is 0 Å². The maximum absolute atomic E-state index is 2.47. The van der Waals surface area contributed by atoms with Crippen molar-refractivity contribution in [3.63, 3.8) is 0 Å². The van der Waals surface area contributed by atoms with Crippen molar-refractivity contribution in [2.45, 2.75) is 52.5 Å². The van der Waals surface area contributed by atoms with Crippen LogP contribution in [0.15, 0.2) is 66.7 Å². The second-order valence-corrected chi connectivity index (χ2v) is 9.14. The first-order valence-corrected chi connectivity index (χ1v) is 9.82. The van der Waals surface area contributed by atoms with E-state index in [4.69, 9.17) is 0 Å². The monoisotopic (exact) mass is 355 g/mol. The molecule has 0 unspecified atom stereocenters. The second-order valence-electron chi connectivity index (χ2n) is 9.14. The van der Waals surface area contributed by atoms with Crippen LogP contribution in [0.4, 0.5) is 11.4 Å². The first kappa shape index (κ1) is 17.9. The summed E-state index contributed by atoms with van der Waals surface area (Å²) in [6.07, 6.45) is 0. The number of anilines is 2. The fourth-order valence-corrected chi connectivity index (χ4v) is 4.84. The van der Waals surface area contributed by atoms with E-state index in [0.29, 0.717) is 0 Å². The number of hydrogen-bond donors (Lipinski definition) is 0. The molecule has 0 aliphatic heterocycles. The molecule has 0 amide bonds. The fourth-order valence-electron chi connectivity index (χ4n) is 4.84. The molecule has 3 aromatic carbocycles. The molecule has 0 fully saturated rings. The van der Waals surface area contributed by atoms with E-state index < -0.39 is 0 Å². The highest BCUT2D eigenvalue weighted by molar-refractivity contribution is 5.85. The third kappa shape index (κ3) is 2.68. The van der Waals surface area contributed by atoms with E-state index in [-0.39, 0.29) is 11.0 Å². The summed E-state index contributed by atoms with van der Waals surface area (Å²) in [5.41, 5.74) is 9.59. The van der Waals surface area contributed by atoms with E-state index >= 15 is 0 Å². The molecule has 1 heteroatoms. The molecular weight excluding hydrogens is 326 g/mol. The zero-order valence-electron chi connectivity index (χ0n) is 17.3. The molecule has 0 saturated heterocycles. The summed E-state index contributed by atoms with van der Waals surface area (Å²) in [7, 11) is 0. The van der Waals surface area contributed by atoms with E-state index in [1.165, 1.54) is 39.2 Å². The van der Waals surface area contributed by atoms with Crippen LogP contribution in [0.1, 0.15) is 51.3 Å². The molecular formula is C26H29N. The highest BCUT2D eigenvalue weighted by Gasteiger charge is 2.38. The van der Waals surface area contributed by atoms with Gasteiger partial charge in [-0.15, -0.1) is 0 Å². The van der Waals surface area contributed by atoms with E-state index in [2.05, 4.69) is 113 Å². The Morgan fingerprint density at radius 2 is 1.37 bits per heavy atom. The minimum absolute atomic E-state index is 0.0179. The Morgan fingerprint density at radius 3 is 2.04 bits per heavy atom. The first-order valence-electron chi connectivity index (χ1n) is 9.82. The molecule has 0 N–H and O–H groups in total. The molecule has 0 heterocycles. The number of nitrogens with zero attached hydrogens (tertiary/aromatic N) is 1. The average Bonchev–Trinajstić information content (AvgIpc) is 2.85. The summed E-state index contributed by atoms with van der Waals surface area (Å²) in [5, 5.41) is 0. The van der Waals surface area contributed by atoms with Crippen molar-refractivity contribution in [2.75, 3.05) is 4.90 Å². The lowest BCUT2D eigenvalue weighted by atomic mass is 9.80. The Balaban J connectivity index is 1.96. The summed E-state index contributed by atoms with van der Waals surface area (Å²) in [6, 6.07) is 24.2. The van der Waals surface area contributed by atoms with Crippen LogP contribution < -0.4 is 4.90 Å². The van der Waals surface area contributed by atoms with Crippen molar-refractivity contribution in [1.82, 2.24) is 0 Å². The Morgan fingerprint density at radius 1 is 0.741 bits per heavy atom. The molecule has 1 aliphatic rings. The Bertz CT molecular complexity index is 990. The quantitative estimate of drug-likeness (QED) is 0.468. The normalized spacial score (nSPS) is 14.6. The maximum atomic E-state index is 2.47. The van der Waals surface area contributed by atoms with Gasteiger partial charge in [-0.25, -0.2) is 0 Å². The van der Waals surface area contributed by atoms with Crippen LogP contribution in [0, 0.1) is 6.92 Å². The van der Waals surface area contributed by atoms with Gasteiger partial charge < -0.3 is 4.90 Å². The summed E-state index contributed by atoms with van der Waals surface area (Å²) < 4.78 is 0. The number of hydrogen-bond acceptors (Lipinski definition) is 1. The lowest BCUT2D eigenvalue weighted by Crippen LogP contribution is -2.38. The molecule has 0 aromatic heterocycles. The number of para-hydroxylation sites is 1. The standard InChI is InChI=1S/C26H29N/c1-18-23(27(25(2,3)4)19-12-8-7-9-13-19)17-16-21-20-14-10-11-15-22(20)26(5,6)24(18)21/h7-17H,1-6H3. The molecule has 0 bridgehead atoms. The molecule has 1 nitrogen and oxygen atoms in total. The van der Waals surface area contributed by atoms with E-state index in [1.807, 2.05) is 0 Å². The maximum Gasteiger partial charge on any atom is 0.0448 e. The van der Waals surface area contributed by atoms with E-state index in [9.17, 15) is 0 Å². The molecule has 1 aliphatic carbocycles. The number of rotatable bonds is 2. The average molecular weight is 356 g/mol. The first-order chi connectivity index (χ1) is 12.7. The fraction of sp³-hybridized carbons (Fsp3) is 0.308. The van der Waals surface area contributed by atoms with Gasteiger partial charge in [-0.05, 0) is 73.7 Å². The largest absolute Gasteiger partial charge is 0.336 e. The van der Waals surface area contributed by atoms with Crippen LogP contribution in [0.25, 0.3) is 11.1 Å². The minimum Gasteiger partial charge on any atom is -0.336 e. The number of benzene rings is 3. The highest BCUT2D eigenvalue weighted by atomic mass is 15.2. The topological polar surface area (TPSA) is 3.24 Å². The van der Waals surface area contributed by atoms with Gasteiger partial charge in [0.05, 0.1) is 0 Å². The summed E-state index contributed by atoms with van der Waals surface area (Å²) in [4.78, 5) is 2.47. The second kappa shape index (κ2) is 5.99. The summed E-state index contributed by atoms with van der Waals surface area (Å²) in [6.45, 7) is 13.9. The molecule has 0 radical (unpaired) electrons. The smallest absolute Gasteiger partial charge is 0.0448 e. The summed E-state index contributed by atoms with van der Waals surface area (Å²) >= 11 is 0. The van der Waals surface area contributed by atoms with E-state index in [0.717, 1.165) is 0 Å². The molecule has 27 heavy (non-hydrogen) atoms.